The third-order valence-corrected chi connectivity index (χ3v) is 4.04. The van der Waals surface area contributed by atoms with Crippen molar-refractivity contribution < 1.29 is 0 Å². The summed E-state index contributed by atoms with van der Waals surface area (Å²) in [6.07, 6.45) is 0. The molecule has 1 atom stereocenters. The van der Waals surface area contributed by atoms with Gasteiger partial charge in [-0.15, -0.1) is 0 Å². The van der Waals surface area contributed by atoms with E-state index in [9.17, 15) is 0 Å². The van der Waals surface area contributed by atoms with Crippen LogP contribution in [-0.2, 0) is 0 Å². The van der Waals surface area contributed by atoms with Gasteiger partial charge in [-0.25, -0.2) is 0 Å². The summed E-state index contributed by atoms with van der Waals surface area (Å²) in [6.45, 7) is 0. The van der Waals surface area contributed by atoms with Gasteiger partial charge in [0.2, 0.25) is 0 Å². The zero-order valence-corrected chi connectivity index (χ0v) is 12.5. The molecule has 94 valence electrons. The number of hydrogen-bond acceptors (Lipinski definition) is 1. The van der Waals surface area contributed by atoms with Crippen molar-refractivity contribution in [2.24, 2.45) is 5.73 Å². The van der Waals surface area contributed by atoms with E-state index in [1.54, 1.807) is 0 Å². The van der Waals surface area contributed by atoms with Crippen LogP contribution in [-0.4, -0.2) is 0 Å². The molecule has 0 aromatic heterocycles. The highest BCUT2D eigenvalue weighted by atomic mass is 127. The molecule has 0 aliphatic heterocycles. The van der Waals surface area contributed by atoms with E-state index in [0.717, 1.165) is 5.56 Å². The fourth-order valence-corrected chi connectivity index (χ4v) is 2.97. The Morgan fingerprint density at radius 1 is 0.842 bits per heavy atom. The molecule has 2 heteroatoms. The van der Waals surface area contributed by atoms with Crippen molar-refractivity contribution in [2.75, 3.05) is 0 Å². The summed E-state index contributed by atoms with van der Waals surface area (Å²) in [5.41, 5.74) is 8.78. The lowest BCUT2D eigenvalue weighted by Crippen LogP contribution is -2.12. The molecule has 0 heterocycles. The van der Waals surface area contributed by atoms with Crippen molar-refractivity contribution in [1.29, 1.82) is 0 Å². The molecule has 0 saturated heterocycles. The second-order valence-electron chi connectivity index (χ2n) is 4.60. The largest absolute Gasteiger partial charge is 0.320 e. The minimum Gasteiger partial charge on any atom is -0.320 e. The first-order valence-electron chi connectivity index (χ1n) is 6.24. The molecule has 0 aliphatic carbocycles. The lowest BCUT2D eigenvalue weighted by atomic mass is 9.94. The molecule has 0 fully saturated rings. The van der Waals surface area contributed by atoms with Gasteiger partial charge in [0.1, 0.15) is 0 Å². The van der Waals surface area contributed by atoms with Crippen LogP contribution in [0.1, 0.15) is 17.2 Å². The molecule has 2 N–H and O–H groups in total. The molecular weight excluding hydrogens is 345 g/mol. The van der Waals surface area contributed by atoms with Crippen LogP contribution in [0.15, 0.2) is 66.7 Å². The van der Waals surface area contributed by atoms with Gasteiger partial charge >= 0.3 is 0 Å². The van der Waals surface area contributed by atoms with E-state index in [1.165, 1.54) is 19.9 Å². The van der Waals surface area contributed by atoms with Gasteiger partial charge in [-0.3, -0.25) is 0 Å². The molecule has 0 aliphatic rings. The Bertz CT molecular complexity index is 716. The van der Waals surface area contributed by atoms with E-state index in [-0.39, 0.29) is 6.04 Å². The molecule has 1 unspecified atom stereocenters. The number of nitrogens with two attached hydrogens (primary N) is 1. The molecule has 3 aromatic carbocycles. The summed E-state index contributed by atoms with van der Waals surface area (Å²) in [4.78, 5) is 0. The average Bonchev–Trinajstić information content (AvgIpc) is 2.46. The average molecular weight is 359 g/mol. The number of halogens is 1. The molecule has 0 bridgehead atoms. The van der Waals surface area contributed by atoms with Crippen LogP contribution in [0.4, 0.5) is 0 Å². The molecular formula is C17H14IN. The van der Waals surface area contributed by atoms with Gasteiger partial charge in [-0.2, -0.15) is 0 Å². The first kappa shape index (κ1) is 12.6. The van der Waals surface area contributed by atoms with Crippen molar-refractivity contribution in [2.45, 2.75) is 6.04 Å². The van der Waals surface area contributed by atoms with Crippen molar-refractivity contribution in [3.05, 3.63) is 81.4 Å². The van der Waals surface area contributed by atoms with E-state index in [0.29, 0.717) is 0 Å². The highest BCUT2D eigenvalue weighted by Crippen LogP contribution is 2.27. The molecule has 19 heavy (non-hydrogen) atoms. The van der Waals surface area contributed by atoms with Crippen LogP contribution in [0.3, 0.4) is 0 Å². The van der Waals surface area contributed by atoms with Crippen LogP contribution < -0.4 is 5.73 Å². The predicted molar refractivity (Wildman–Crippen MR) is 89.1 cm³/mol. The topological polar surface area (TPSA) is 26.0 Å². The molecule has 1 nitrogen and oxygen atoms in total. The van der Waals surface area contributed by atoms with Crippen LogP contribution in [0.2, 0.25) is 0 Å². The summed E-state index contributed by atoms with van der Waals surface area (Å²) in [7, 11) is 0. The monoisotopic (exact) mass is 359 g/mol. The van der Waals surface area contributed by atoms with Crippen molar-refractivity contribution in [3.8, 4) is 0 Å². The molecule has 3 aromatic rings. The van der Waals surface area contributed by atoms with Gasteiger partial charge in [-0.05, 0) is 56.6 Å². The maximum absolute atomic E-state index is 6.45. The van der Waals surface area contributed by atoms with Crippen LogP contribution >= 0.6 is 22.6 Å². The van der Waals surface area contributed by atoms with Crippen LogP contribution in [0.5, 0.6) is 0 Å². The standard InChI is InChI=1S/C17H14IN/c18-14-8-3-7-13(11-14)17(19)16-10-4-6-12-5-1-2-9-15(12)16/h1-11,17H,19H2. The lowest BCUT2D eigenvalue weighted by molar-refractivity contribution is 0.880. The fourth-order valence-electron chi connectivity index (χ4n) is 2.40. The zero-order chi connectivity index (χ0) is 13.2. The SMILES string of the molecule is NC(c1cccc(I)c1)c1cccc2ccccc12. The molecule has 3 rings (SSSR count). The van der Waals surface area contributed by atoms with Crippen molar-refractivity contribution >= 4 is 33.4 Å². The first-order chi connectivity index (χ1) is 9.25. The second kappa shape index (κ2) is 5.31. The van der Waals surface area contributed by atoms with E-state index in [4.69, 9.17) is 5.73 Å². The smallest absolute Gasteiger partial charge is 0.0558 e. The number of fused-ring (bicyclic) bond motifs is 1. The number of rotatable bonds is 2. The maximum Gasteiger partial charge on any atom is 0.0558 e. The fraction of sp³-hybridized carbons (Fsp3) is 0.0588. The summed E-state index contributed by atoms with van der Waals surface area (Å²) >= 11 is 2.32. The first-order valence-corrected chi connectivity index (χ1v) is 7.32. The summed E-state index contributed by atoms with van der Waals surface area (Å²) in [5.74, 6) is 0. The summed E-state index contributed by atoms with van der Waals surface area (Å²) in [6, 6.07) is 23.0. The highest BCUT2D eigenvalue weighted by Gasteiger charge is 2.11. The Morgan fingerprint density at radius 2 is 1.58 bits per heavy atom. The third kappa shape index (κ3) is 2.51. The predicted octanol–water partition coefficient (Wildman–Crippen LogP) is 4.49. The highest BCUT2D eigenvalue weighted by molar-refractivity contribution is 14.1. The van der Waals surface area contributed by atoms with Gasteiger partial charge in [0.15, 0.2) is 0 Å². The van der Waals surface area contributed by atoms with E-state index in [2.05, 4.69) is 89.3 Å². The van der Waals surface area contributed by atoms with Crippen LogP contribution in [0.25, 0.3) is 10.8 Å². The van der Waals surface area contributed by atoms with Gasteiger partial charge in [0.05, 0.1) is 6.04 Å². The quantitative estimate of drug-likeness (QED) is 0.671. The zero-order valence-electron chi connectivity index (χ0n) is 10.4. The molecule has 0 radical (unpaired) electrons. The lowest BCUT2D eigenvalue weighted by Gasteiger charge is -2.15. The van der Waals surface area contributed by atoms with Crippen molar-refractivity contribution in [3.63, 3.8) is 0 Å². The molecule has 0 amide bonds. The van der Waals surface area contributed by atoms with Gasteiger partial charge in [-0.1, -0.05) is 54.6 Å². The van der Waals surface area contributed by atoms with E-state index in [1.807, 2.05) is 0 Å². The molecule has 0 saturated carbocycles. The Balaban J connectivity index is 2.14. The van der Waals surface area contributed by atoms with Crippen molar-refractivity contribution in [1.82, 2.24) is 0 Å². The maximum atomic E-state index is 6.45. The number of benzene rings is 3. The number of hydrogen-bond donors (Lipinski definition) is 1. The molecule has 0 spiro atoms. The van der Waals surface area contributed by atoms with Gasteiger partial charge in [0.25, 0.3) is 0 Å². The Kier molecular flexibility index (Phi) is 3.53. The second-order valence-corrected chi connectivity index (χ2v) is 5.85. The Hall–Kier alpha value is -1.39. The normalized spacial score (nSPS) is 12.5. The van der Waals surface area contributed by atoms with Gasteiger partial charge < -0.3 is 5.73 Å². The van der Waals surface area contributed by atoms with Gasteiger partial charge in [0, 0.05) is 3.57 Å². The summed E-state index contributed by atoms with van der Waals surface area (Å²) < 4.78 is 1.21. The van der Waals surface area contributed by atoms with Crippen LogP contribution in [0, 0.1) is 3.57 Å². The third-order valence-electron chi connectivity index (χ3n) is 3.37. The minimum atomic E-state index is -0.0826. The van der Waals surface area contributed by atoms with E-state index < -0.39 is 0 Å². The summed E-state index contributed by atoms with van der Waals surface area (Å²) in [5, 5.41) is 2.47. The van der Waals surface area contributed by atoms with E-state index >= 15 is 0 Å². The minimum absolute atomic E-state index is 0.0826. The Labute approximate surface area is 126 Å². The Morgan fingerprint density at radius 3 is 2.42 bits per heavy atom.